The van der Waals surface area contributed by atoms with Gasteiger partial charge < -0.3 is 0 Å². The van der Waals surface area contributed by atoms with Gasteiger partial charge in [0.1, 0.15) is 11.6 Å². The van der Waals surface area contributed by atoms with Crippen molar-refractivity contribution in [1.29, 1.82) is 0 Å². The van der Waals surface area contributed by atoms with Crippen LogP contribution in [0.15, 0.2) is 18.2 Å². The molecule has 0 N–H and O–H groups in total. The Morgan fingerprint density at radius 1 is 1.17 bits per heavy atom. The monoisotopic (exact) mass is 317 g/mol. The standard InChI is InChI=1S/C14H18BrF2N/c15-8-9-18(11-4-1-2-5-11)10-12-13(16)6-3-7-14(12)17/h3,6-7,11H,1-2,4-5,8-10H2. The molecule has 1 nitrogen and oxygen atoms in total. The second-order valence-corrected chi connectivity index (χ2v) is 5.59. The van der Waals surface area contributed by atoms with Crippen LogP contribution in [0.1, 0.15) is 31.2 Å². The van der Waals surface area contributed by atoms with Crippen molar-refractivity contribution in [3.05, 3.63) is 35.4 Å². The molecule has 0 atom stereocenters. The van der Waals surface area contributed by atoms with Crippen molar-refractivity contribution in [1.82, 2.24) is 4.90 Å². The van der Waals surface area contributed by atoms with Crippen LogP contribution in [0.5, 0.6) is 0 Å². The molecule has 4 heteroatoms. The van der Waals surface area contributed by atoms with Gasteiger partial charge in [0, 0.05) is 30.0 Å². The zero-order chi connectivity index (χ0) is 13.0. The normalized spacial score (nSPS) is 16.7. The highest BCUT2D eigenvalue weighted by Gasteiger charge is 2.23. The van der Waals surface area contributed by atoms with Gasteiger partial charge in [-0.1, -0.05) is 34.8 Å². The fraction of sp³-hybridized carbons (Fsp3) is 0.571. The topological polar surface area (TPSA) is 3.24 Å². The smallest absolute Gasteiger partial charge is 0.130 e. The maximum absolute atomic E-state index is 13.7. The Bertz CT molecular complexity index is 371. The fourth-order valence-corrected chi connectivity index (χ4v) is 3.11. The highest BCUT2D eigenvalue weighted by molar-refractivity contribution is 9.09. The van der Waals surface area contributed by atoms with Crippen molar-refractivity contribution in [2.75, 3.05) is 11.9 Å². The number of halogens is 3. The van der Waals surface area contributed by atoms with E-state index in [4.69, 9.17) is 0 Å². The lowest BCUT2D eigenvalue weighted by atomic mass is 10.1. The summed E-state index contributed by atoms with van der Waals surface area (Å²) in [5.74, 6) is -0.875. The first-order valence-corrected chi connectivity index (χ1v) is 7.57. The SMILES string of the molecule is Fc1cccc(F)c1CN(CCBr)C1CCCC1. The molecule has 1 aromatic carbocycles. The van der Waals surface area contributed by atoms with E-state index in [9.17, 15) is 8.78 Å². The van der Waals surface area contributed by atoms with Crippen molar-refractivity contribution >= 4 is 15.9 Å². The maximum Gasteiger partial charge on any atom is 0.130 e. The third kappa shape index (κ3) is 3.29. The molecule has 0 radical (unpaired) electrons. The Kier molecular flexibility index (Phi) is 5.13. The maximum atomic E-state index is 13.7. The number of hydrogen-bond acceptors (Lipinski definition) is 1. The fourth-order valence-electron chi connectivity index (χ4n) is 2.66. The quantitative estimate of drug-likeness (QED) is 0.739. The zero-order valence-electron chi connectivity index (χ0n) is 10.3. The van der Waals surface area contributed by atoms with E-state index in [-0.39, 0.29) is 5.56 Å². The molecule has 2 rings (SSSR count). The van der Waals surface area contributed by atoms with Crippen LogP contribution in [0, 0.1) is 11.6 Å². The lowest BCUT2D eigenvalue weighted by Crippen LogP contribution is -2.34. The van der Waals surface area contributed by atoms with Gasteiger partial charge in [0.05, 0.1) is 0 Å². The molecule has 0 unspecified atom stereocenters. The van der Waals surface area contributed by atoms with Crippen LogP contribution in [0.4, 0.5) is 8.78 Å². The van der Waals surface area contributed by atoms with Crippen LogP contribution in [-0.4, -0.2) is 22.8 Å². The van der Waals surface area contributed by atoms with Gasteiger partial charge in [0.2, 0.25) is 0 Å². The van der Waals surface area contributed by atoms with E-state index in [0.29, 0.717) is 12.6 Å². The Morgan fingerprint density at radius 2 is 1.78 bits per heavy atom. The molecule has 0 aromatic heterocycles. The summed E-state index contributed by atoms with van der Waals surface area (Å²) in [6.07, 6.45) is 4.73. The van der Waals surface area contributed by atoms with Gasteiger partial charge in [0.25, 0.3) is 0 Å². The van der Waals surface area contributed by atoms with Crippen LogP contribution < -0.4 is 0 Å². The number of benzene rings is 1. The molecule has 100 valence electrons. The number of rotatable bonds is 5. The first-order valence-electron chi connectivity index (χ1n) is 6.45. The van der Waals surface area contributed by atoms with Crippen molar-refractivity contribution in [2.45, 2.75) is 38.3 Å². The molecule has 0 spiro atoms. The molecule has 18 heavy (non-hydrogen) atoms. The predicted octanol–water partition coefficient (Wildman–Crippen LogP) is 4.10. The van der Waals surface area contributed by atoms with Crippen molar-refractivity contribution in [2.24, 2.45) is 0 Å². The molecule has 0 amide bonds. The van der Waals surface area contributed by atoms with Gasteiger partial charge in [-0.25, -0.2) is 8.78 Å². The van der Waals surface area contributed by atoms with Gasteiger partial charge >= 0.3 is 0 Å². The Hall–Kier alpha value is -0.480. The van der Waals surface area contributed by atoms with Crippen molar-refractivity contribution < 1.29 is 8.78 Å². The average molecular weight is 318 g/mol. The molecular weight excluding hydrogens is 300 g/mol. The third-order valence-corrected chi connectivity index (χ3v) is 3.99. The van der Waals surface area contributed by atoms with Crippen LogP contribution in [0.25, 0.3) is 0 Å². The van der Waals surface area contributed by atoms with E-state index in [0.717, 1.165) is 24.7 Å². The van der Waals surface area contributed by atoms with Gasteiger partial charge in [0.15, 0.2) is 0 Å². The average Bonchev–Trinajstić information content (AvgIpc) is 2.86. The minimum atomic E-state index is -0.437. The van der Waals surface area contributed by atoms with E-state index in [1.165, 1.54) is 31.0 Å². The van der Waals surface area contributed by atoms with Gasteiger partial charge in [-0.2, -0.15) is 0 Å². The zero-order valence-corrected chi connectivity index (χ0v) is 11.9. The molecule has 1 aliphatic carbocycles. The summed E-state index contributed by atoms with van der Waals surface area (Å²) in [6, 6.07) is 4.55. The van der Waals surface area contributed by atoms with Gasteiger partial charge in [-0.05, 0) is 25.0 Å². The second-order valence-electron chi connectivity index (χ2n) is 4.80. The minimum Gasteiger partial charge on any atom is -0.295 e. The highest BCUT2D eigenvalue weighted by Crippen LogP contribution is 2.26. The van der Waals surface area contributed by atoms with E-state index >= 15 is 0 Å². The largest absolute Gasteiger partial charge is 0.295 e. The summed E-state index contributed by atoms with van der Waals surface area (Å²) >= 11 is 3.42. The molecular formula is C14H18BrF2N. The molecule has 0 heterocycles. The molecule has 1 saturated carbocycles. The van der Waals surface area contributed by atoms with Crippen molar-refractivity contribution in [3.8, 4) is 0 Å². The summed E-state index contributed by atoms with van der Waals surface area (Å²) in [5, 5.41) is 0.833. The van der Waals surface area contributed by atoms with Gasteiger partial charge in [-0.15, -0.1) is 0 Å². The minimum absolute atomic E-state index is 0.199. The molecule has 1 fully saturated rings. The first kappa shape index (κ1) is 13.9. The number of nitrogens with zero attached hydrogens (tertiary/aromatic N) is 1. The Morgan fingerprint density at radius 3 is 2.33 bits per heavy atom. The van der Waals surface area contributed by atoms with E-state index in [2.05, 4.69) is 20.8 Å². The summed E-state index contributed by atoms with van der Waals surface area (Å²) in [4.78, 5) is 2.20. The summed E-state index contributed by atoms with van der Waals surface area (Å²) in [5.41, 5.74) is 0.199. The summed E-state index contributed by atoms with van der Waals surface area (Å²) < 4.78 is 27.3. The predicted molar refractivity (Wildman–Crippen MR) is 72.8 cm³/mol. The summed E-state index contributed by atoms with van der Waals surface area (Å²) in [6.45, 7) is 1.20. The first-order chi connectivity index (χ1) is 8.72. The van der Waals surface area contributed by atoms with E-state index in [1.807, 2.05) is 0 Å². The van der Waals surface area contributed by atoms with Crippen molar-refractivity contribution in [3.63, 3.8) is 0 Å². The molecule has 0 bridgehead atoms. The highest BCUT2D eigenvalue weighted by atomic mass is 79.9. The Labute approximate surface area is 115 Å². The van der Waals surface area contributed by atoms with E-state index < -0.39 is 11.6 Å². The van der Waals surface area contributed by atoms with Crippen LogP contribution in [0.2, 0.25) is 0 Å². The molecule has 1 aliphatic rings. The van der Waals surface area contributed by atoms with E-state index in [1.54, 1.807) is 0 Å². The number of hydrogen-bond donors (Lipinski definition) is 0. The Balaban J connectivity index is 2.12. The van der Waals surface area contributed by atoms with Crippen LogP contribution >= 0.6 is 15.9 Å². The molecule has 0 saturated heterocycles. The lowest BCUT2D eigenvalue weighted by molar-refractivity contribution is 0.197. The number of alkyl halides is 1. The summed E-state index contributed by atoms with van der Waals surface area (Å²) in [7, 11) is 0. The second kappa shape index (κ2) is 6.62. The van der Waals surface area contributed by atoms with Crippen LogP contribution in [0.3, 0.4) is 0 Å². The van der Waals surface area contributed by atoms with Gasteiger partial charge in [-0.3, -0.25) is 4.90 Å². The third-order valence-electron chi connectivity index (χ3n) is 3.64. The molecule has 1 aromatic rings. The molecule has 0 aliphatic heterocycles. The lowest BCUT2D eigenvalue weighted by Gasteiger charge is -2.28. The van der Waals surface area contributed by atoms with Crippen LogP contribution in [-0.2, 0) is 6.54 Å².